The van der Waals surface area contributed by atoms with Crippen molar-refractivity contribution in [2.45, 2.75) is 38.6 Å². The van der Waals surface area contributed by atoms with Crippen LogP contribution in [0.15, 0.2) is 24.3 Å². The molecule has 0 aromatic heterocycles. The molecule has 1 fully saturated rings. The molecule has 3 nitrogen and oxygen atoms in total. The van der Waals surface area contributed by atoms with Gasteiger partial charge in [-0.1, -0.05) is 24.3 Å². The van der Waals surface area contributed by atoms with E-state index < -0.39 is 0 Å². The van der Waals surface area contributed by atoms with E-state index in [1.54, 1.807) is 6.92 Å². The lowest BCUT2D eigenvalue weighted by molar-refractivity contribution is -0.121. The van der Waals surface area contributed by atoms with Gasteiger partial charge in [-0.25, -0.2) is 0 Å². The minimum atomic E-state index is -0.0663. The van der Waals surface area contributed by atoms with Crippen molar-refractivity contribution in [2.24, 2.45) is 0 Å². The number of halogens is 1. The number of hydrogen-bond acceptors (Lipinski definition) is 2. The number of amides is 1. The summed E-state index contributed by atoms with van der Waals surface area (Å²) in [5.74, 6) is 0.0745. The highest BCUT2D eigenvalue weighted by molar-refractivity contribution is 5.85. The number of benzene rings is 1. The molecule has 1 aliphatic heterocycles. The predicted molar refractivity (Wildman–Crippen MR) is 80.8 cm³/mol. The summed E-state index contributed by atoms with van der Waals surface area (Å²) in [6, 6.07) is 8.44. The summed E-state index contributed by atoms with van der Waals surface area (Å²) in [5.41, 5.74) is 2.58. The maximum absolute atomic E-state index is 11.5. The third-order valence-corrected chi connectivity index (χ3v) is 3.79. The predicted octanol–water partition coefficient (Wildman–Crippen LogP) is 2.22. The first-order chi connectivity index (χ1) is 8.61. The van der Waals surface area contributed by atoms with E-state index in [0.717, 1.165) is 32.4 Å². The minimum Gasteiger partial charge on any atom is -0.350 e. The minimum absolute atomic E-state index is 0. The SMILES string of the molecule is CC(=O)NC1(Cc2ccccc2C)CCNCC1.Cl. The largest absolute Gasteiger partial charge is 0.350 e. The van der Waals surface area contributed by atoms with Gasteiger partial charge < -0.3 is 10.6 Å². The van der Waals surface area contributed by atoms with Crippen molar-refractivity contribution in [3.05, 3.63) is 35.4 Å². The number of piperidine rings is 1. The maximum Gasteiger partial charge on any atom is 0.217 e. The third kappa shape index (κ3) is 4.22. The van der Waals surface area contributed by atoms with Crippen LogP contribution in [-0.4, -0.2) is 24.5 Å². The van der Waals surface area contributed by atoms with E-state index >= 15 is 0 Å². The molecule has 1 saturated heterocycles. The summed E-state index contributed by atoms with van der Waals surface area (Å²) in [6.07, 6.45) is 2.93. The van der Waals surface area contributed by atoms with Crippen LogP contribution in [-0.2, 0) is 11.2 Å². The average Bonchev–Trinajstić information content (AvgIpc) is 2.32. The number of rotatable bonds is 3. The van der Waals surface area contributed by atoms with E-state index in [0.29, 0.717) is 0 Å². The van der Waals surface area contributed by atoms with Gasteiger partial charge in [0.25, 0.3) is 0 Å². The van der Waals surface area contributed by atoms with Crippen LogP contribution in [0.1, 0.15) is 30.9 Å². The van der Waals surface area contributed by atoms with Gasteiger partial charge in [0.15, 0.2) is 0 Å². The first kappa shape index (κ1) is 16.0. The summed E-state index contributed by atoms with van der Waals surface area (Å²) in [4.78, 5) is 11.5. The molecule has 0 unspecified atom stereocenters. The zero-order valence-corrected chi connectivity index (χ0v) is 12.5. The average molecular weight is 283 g/mol. The van der Waals surface area contributed by atoms with Gasteiger partial charge >= 0.3 is 0 Å². The molecule has 19 heavy (non-hydrogen) atoms. The second-order valence-electron chi connectivity index (χ2n) is 5.31. The van der Waals surface area contributed by atoms with Crippen molar-refractivity contribution in [3.63, 3.8) is 0 Å². The highest BCUT2D eigenvalue weighted by Crippen LogP contribution is 2.25. The first-order valence-electron chi connectivity index (χ1n) is 6.65. The highest BCUT2D eigenvalue weighted by atomic mass is 35.5. The fourth-order valence-corrected chi connectivity index (χ4v) is 2.80. The van der Waals surface area contributed by atoms with Gasteiger partial charge in [0.05, 0.1) is 0 Å². The van der Waals surface area contributed by atoms with Gasteiger partial charge in [-0.2, -0.15) is 0 Å². The van der Waals surface area contributed by atoms with Crippen molar-refractivity contribution in [1.29, 1.82) is 0 Å². The Morgan fingerprint density at radius 3 is 2.53 bits per heavy atom. The molecule has 0 radical (unpaired) electrons. The molecule has 0 saturated carbocycles. The van der Waals surface area contributed by atoms with Crippen LogP contribution in [0.4, 0.5) is 0 Å². The van der Waals surface area contributed by atoms with E-state index in [-0.39, 0.29) is 23.9 Å². The standard InChI is InChI=1S/C15H22N2O.ClH/c1-12-5-3-4-6-14(12)11-15(17-13(2)18)7-9-16-10-8-15;/h3-6,16H,7-11H2,1-2H3,(H,17,18);1H. The Kier molecular flexibility index (Phi) is 5.83. The molecule has 0 spiro atoms. The van der Waals surface area contributed by atoms with Crippen LogP contribution >= 0.6 is 12.4 Å². The number of nitrogens with one attached hydrogen (secondary N) is 2. The van der Waals surface area contributed by atoms with Crippen molar-refractivity contribution < 1.29 is 4.79 Å². The molecule has 1 aromatic carbocycles. The Morgan fingerprint density at radius 2 is 1.95 bits per heavy atom. The van der Waals surface area contributed by atoms with E-state index in [2.05, 4.69) is 41.8 Å². The molecule has 1 aliphatic rings. The smallest absolute Gasteiger partial charge is 0.217 e. The van der Waals surface area contributed by atoms with Crippen molar-refractivity contribution in [1.82, 2.24) is 10.6 Å². The zero-order valence-electron chi connectivity index (χ0n) is 11.7. The Bertz CT molecular complexity index is 428. The lowest BCUT2D eigenvalue weighted by Gasteiger charge is -2.38. The molecule has 1 aromatic rings. The van der Waals surface area contributed by atoms with Crippen molar-refractivity contribution in [3.8, 4) is 0 Å². The summed E-state index contributed by atoms with van der Waals surface area (Å²) in [7, 11) is 0. The zero-order chi connectivity index (χ0) is 13.0. The molecule has 4 heteroatoms. The van der Waals surface area contributed by atoms with Gasteiger partial charge in [-0.05, 0) is 50.4 Å². The first-order valence-corrected chi connectivity index (χ1v) is 6.65. The molecular formula is C15H23ClN2O. The van der Waals surface area contributed by atoms with Crippen LogP contribution in [0.25, 0.3) is 0 Å². The molecule has 2 N–H and O–H groups in total. The molecule has 0 atom stereocenters. The Balaban J connectivity index is 0.00000180. The normalized spacial score (nSPS) is 17.4. The van der Waals surface area contributed by atoms with Gasteiger partial charge in [0.2, 0.25) is 5.91 Å². The molecule has 2 rings (SSSR count). The highest BCUT2D eigenvalue weighted by Gasteiger charge is 2.33. The van der Waals surface area contributed by atoms with E-state index in [9.17, 15) is 4.79 Å². The fourth-order valence-electron chi connectivity index (χ4n) is 2.80. The van der Waals surface area contributed by atoms with Gasteiger partial charge in [0, 0.05) is 12.5 Å². The van der Waals surface area contributed by atoms with Gasteiger partial charge in [0.1, 0.15) is 0 Å². The van der Waals surface area contributed by atoms with E-state index in [1.165, 1.54) is 11.1 Å². The van der Waals surface area contributed by atoms with Crippen LogP contribution in [0.2, 0.25) is 0 Å². The number of carbonyl (C=O) groups is 1. The lowest BCUT2D eigenvalue weighted by atomic mass is 9.81. The van der Waals surface area contributed by atoms with E-state index in [1.807, 2.05) is 0 Å². The van der Waals surface area contributed by atoms with Crippen molar-refractivity contribution in [2.75, 3.05) is 13.1 Å². The van der Waals surface area contributed by atoms with Crippen LogP contribution in [0.5, 0.6) is 0 Å². The molecule has 1 heterocycles. The topological polar surface area (TPSA) is 41.1 Å². The summed E-state index contributed by atoms with van der Waals surface area (Å²) in [6.45, 7) is 5.71. The van der Waals surface area contributed by atoms with Crippen LogP contribution in [0.3, 0.4) is 0 Å². The third-order valence-electron chi connectivity index (χ3n) is 3.79. The molecule has 0 bridgehead atoms. The van der Waals surface area contributed by atoms with Crippen molar-refractivity contribution >= 4 is 18.3 Å². The Morgan fingerprint density at radius 1 is 1.32 bits per heavy atom. The van der Waals surface area contributed by atoms with Gasteiger partial charge in [-0.3, -0.25) is 4.79 Å². The summed E-state index contributed by atoms with van der Waals surface area (Å²) in [5, 5.41) is 6.55. The van der Waals surface area contributed by atoms with E-state index in [4.69, 9.17) is 0 Å². The fraction of sp³-hybridized carbons (Fsp3) is 0.533. The Hall–Kier alpha value is -1.06. The molecule has 0 aliphatic carbocycles. The molecular weight excluding hydrogens is 260 g/mol. The second-order valence-corrected chi connectivity index (χ2v) is 5.31. The monoisotopic (exact) mass is 282 g/mol. The Labute approximate surface area is 121 Å². The molecule has 1 amide bonds. The van der Waals surface area contributed by atoms with Crippen LogP contribution < -0.4 is 10.6 Å². The second kappa shape index (κ2) is 6.92. The lowest BCUT2D eigenvalue weighted by Crippen LogP contribution is -2.55. The number of hydrogen-bond donors (Lipinski definition) is 2. The van der Waals surface area contributed by atoms with Crippen LogP contribution in [0, 0.1) is 6.92 Å². The number of aryl methyl sites for hydroxylation is 1. The summed E-state index contributed by atoms with van der Waals surface area (Å²) < 4.78 is 0. The summed E-state index contributed by atoms with van der Waals surface area (Å²) >= 11 is 0. The maximum atomic E-state index is 11.5. The molecule has 106 valence electrons. The van der Waals surface area contributed by atoms with Gasteiger partial charge in [-0.15, -0.1) is 12.4 Å². The quantitative estimate of drug-likeness (QED) is 0.893. The number of carbonyl (C=O) groups excluding carboxylic acids is 1.